The van der Waals surface area contributed by atoms with Gasteiger partial charge in [-0.25, -0.2) is 0 Å². The van der Waals surface area contributed by atoms with Gasteiger partial charge in [0, 0.05) is 23.3 Å². The molecule has 16 heavy (non-hydrogen) atoms. The van der Waals surface area contributed by atoms with Gasteiger partial charge in [0.1, 0.15) is 12.9 Å². The monoisotopic (exact) mass is 238 g/mol. The Morgan fingerprint density at radius 2 is 2.06 bits per heavy atom. The van der Waals surface area contributed by atoms with Crippen LogP contribution in [0.4, 0.5) is 0 Å². The van der Waals surface area contributed by atoms with Crippen LogP contribution in [0.5, 0.6) is 0 Å². The molecule has 0 spiro atoms. The zero-order chi connectivity index (χ0) is 12.1. The van der Waals surface area contributed by atoms with Crippen molar-refractivity contribution in [2.75, 3.05) is 13.9 Å². The standard InChI is InChI=1S/C11H14N2O2S/c1-7-9(4-12)11(16)10(8(2)13-7)5-15-6-14-3/h5-6H2,1-3H3,(H,13,16). The van der Waals surface area contributed by atoms with Crippen LogP contribution in [0.1, 0.15) is 22.5 Å². The minimum absolute atomic E-state index is 0.211. The quantitative estimate of drug-likeness (QED) is 0.495. The molecule has 0 bridgehead atoms. The Labute approximate surface area is 101 Å². The lowest BCUT2D eigenvalue weighted by molar-refractivity contribution is -0.0399. The van der Waals surface area contributed by atoms with Crippen molar-refractivity contribution in [2.45, 2.75) is 25.3 Å². The maximum absolute atomic E-state index is 8.98. The largest absolute Gasteiger partial charge is 0.359 e. The number of hydrogen-bond acceptors (Lipinski definition) is 5. The highest BCUT2D eigenvalue weighted by atomic mass is 32.1. The molecule has 0 aliphatic heterocycles. The van der Waals surface area contributed by atoms with Gasteiger partial charge in [0.25, 0.3) is 0 Å². The van der Waals surface area contributed by atoms with Crippen LogP contribution in [0.3, 0.4) is 0 Å². The molecule has 1 aromatic heterocycles. The first-order valence-electron chi connectivity index (χ1n) is 4.77. The Hall–Kier alpha value is -1.09. The van der Waals surface area contributed by atoms with Crippen molar-refractivity contribution in [1.29, 1.82) is 5.26 Å². The van der Waals surface area contributed by atoms with Crippen molar-refractivity contribution in [3.8, 4) is 6.07 Å². The van der Waals surface area contributed by atoms with Crippen LogP contribution in [0.15, 0.2) is 4.90 Å². The summed E-state index contributed by atoms with van der Waals surface area (Å²) in [6, 6.07) is 2.10. The van der Waals surface area contributed by atoms with E-state index in [0.29, 0.717) is 22.8 Å². The smallest absolute Gasteiger partial charge is 0.146 e. The summed E-state index contributed by atoms with van der Waals surface area (Å²) in [5.74, 6) is 0. The van der Waals surface area contributed by atoms with Gasteiger partial charge in [-0.05, 0) is 13.8 Å². The molecule has 86 valence electrons. The van der Waals surface area contributed by atoms with Gasteiger partial charge in [-0.15, -0.1) is 12.6 Å². The minimum Gasteiger partial charge on any atom is -0.359 e. The molecule has 0 fully saturated rings. The molecule has 1 rings (SSSR count). The fraction of sp³-hybridized carbons (Fsp3) is 0.455. The highest BCUT2D eigenvalue weighted by molar-refractivity contribution is 7.80. The number of hydrogen-bond donors (Lipinski definition) is 1. The van der Waals surface area contributed by atoms with Crippen LogP contribution in [-0.4, -0.2) is 18.9 Å². The molecule has 0 saturated carbocycles. The molecule has 0 amide bonds. The van der Waals surface area contributed by atoms with E-state index >= 15 is 0 Å². The maximum atomic E-state index is 8.98. The molecule has 5 heteroatoms. The van der Waals surface area contributed by atoms with Crippen LogP contribution >= 0.6 is 12.6 Å². The van der Waals surface area contributed by atoms with E-state index in [2.05, 4.69) is 23.7 Å². The van der Waals surface area contributed by atoms with Crippen LogP contribution in [-0.2, 0) is 16.1 Å². The number of pyridine rings is 1. The van der Waals surface area contributed by atoms with E-state index in [1.165, 1.54) is 0 Å². The molecule has 0 aliphatic carbocycles. The Morgan fingerprint density at radius 1 is 1.38 bits per heavy atom. The van der Waals surface area contributed by atoms with Gasteiger partial charge in [-0.1, -0.05) is 0 Å². The molecule has 1 heterocycles. The second-order valence-electron chi connectivity index (χ2n) is 3.35. The topological polar surface area (TPSA) is 55.1 Å². The van der Waals surface area contributed by atoms with E-state index in [4.69, 9.17) is 14.7 Å². The average molecular weight is 238 g/mol. The molecule has 0 aromatic carbocycles. The number of aryl methyl sites for hydroxylation is 2. The second kappa shape index (κ2) is 5.85. The van der Waals surface area contributed by atoms with Crippen LogP contribution in [0.25, 0.3) is 0 Å². The Morgan fingerprint density at radius 3 is 2.62 bits per heavy atom. The van der Waals surface area contributed by atoms with Crippen LogP contribution in [0, 0.1) is 25.2 Å². The lowest BCUT2D eigenvalue weighted by Crippen LogP contribution is -2.05. The summed E-state index contributed by atoms with van der Waals surface area (Å²) in [4.78, 5) is 4.93. The zero-order valence-corrected chi connectivity index (χ0v) is 10.5. The van der Waals surface area contributed by atoms with Gasteiger partial charge in [0.2, 0.25) is 0 Å². The zero-order valence-electron chi connectivity index (χ0n) is 9.57. The number of methoxy groups -OCH3 is 1. The normalized spacial score (nSPS) is 10.2. The van der Waals surface area contributed by atoms with Crippen molar-refractivity contribution in [3.63, 3.8) is 0 Å². The van der Waals surface area contributed by atoms with Crippen LogP contribution < -0.4 is 0 Å². The first-order chi connectivity index (χ1) is 7.61. The maximum Gasteiger partial charge on any atom is 0.146 e. The van der Waals surface area contributed by atoms with E-state index in [0.717, 1.165) is 11.3 Å². The molecule has 0 aliphatic rings. The van der Waals surface area contributed by atoms with Crippen molar-refractivity contribution in [1.82, 2.24) is 4.98 Å². The summed E-state index contributed by atoms with van der Waals surface area (Å²) < 4.78 is 10.0. The molecule has 0 atom stereocenters. The van der Waals surface area contributed by atoms with Gasteiger partial charge in [0.15, 0.2) is 0 Å². The molecule has 0 N–H and O–H groups in total. The second-order valence-corrected chi connectivity index (χ2v) is 3.80. The number of aromatic nitrogens is 1. The lowest BCUT2D eigenvalue weighted by atomic mass is 10.1. The SMILES string of the molecule is COCOCc1c(C)nc(C)c(C#N)c1S. The minimum atomic E-state index is 0.211. The summed E-state index contributed by atoms with van der Waals surface area (Å²) in [6.45, 7) is 4.23. The molecule has 4 nitrogen and oxygen atoms in total. The van der Waals surface area contributed by atoms with E-state index in [1.807, 2.05) is 6.92 Å². The molecule has 0 saturated heterocycles. The fourth-order valence-electron chi connectivity index (χ4n) is 1.40. The number of nitriles is 1. The Bertz CT molecular complexity index is 427. The molecule has 0 radical (unpaired) electrons. The average Bonchev–Trinajstić information content (AvgIpc) is 2.23. The van der Waals surface area contributed by atoms with Crippen molar-refractivity contribution in [2.24, 2.45) is 0 Å². The van der Waals surface area contributed by atoms with Crippen molar-refractivity contribution < 1.29 is 9.47 Å². The van der Waals surface area contributed by atoms with Gasteiger partial charge < -0.3 is 9.47 Å². The highest BCUT2D eigenvalue weighted by Gasteiger charge is 2.12. The number of ether oxygens (including phenoxy) is 2. The number of nitrogens with zero attached hydrogens (tertiary/aromatic N) is 2. The summed E-state index contributed by atoms with van der Waals surface area (Å²) in [5, 5.41) is 8.98. The molecular weight excluding hydrogens is 224 g/mol. The van der Waals surface area contributed by atoms with Gasteiger partial charge in [-0.3, -0.25) is 4.98 Å². The predicted octanol–water partition coefficient (Wildman–Crippen LogP) is 1.98. The van der Waals surface area contributed by atoms with Gasteiger partial charge >= 0.3 is 0 Å². The van der Waals surface area contributed by atoms with Crippen molar-refractivity contribution in [3.05, 3.63) is 22.5 Å². The van der Waals surface area contributed by atoms with E-state index in [1.54, 1.807) is 14.0 Å². The number of thiol groups is 1. The third-order valence-electron chi connectivity index (χ3n) is 2.22. The lowest BCUT2D eigenvalue weighted by Gasteiger charge is -2.11. The third-order valence-corrected chi connectivity index (χ3v) is 2.71. The summed E-state index contributed by atoms with van der Waals surface area (Å²) in [6.07, 6.45) is 0. The molecular formula is C11H14N2O2S. The van der Waals surface area contributed by atoms with E-state index in [-0.39, 0.29) is 6.79 Å². The van der Waals surface area contributed by atoms with Crippen molar-refractivity contribution >= 4 is 12.6 Å². The summed E-state index contributed by atoms with van der Waals surface area (Å²) >= 11 is 4.35. The Balaban J connectivity index is 3.04. The summed E-state index contributed by atoms with van der Waals surface area (Å²) in [7, 11) is 1.56. The van der Waals surface area contributed by atoms with E-state index in [9.17, 15) is 0 Å². The predicted molar refractivity (Wildman–Crippen MR) is 62.3 cm³/mol. The first kappa shape index (κ1) is 13.0. The van der Waals surface area contributed by atoms with E-state index < -0.39 is 0 Å². The summed E-state index contributed by atoms with van der Waals surface area (Å²) in [5.41, 5.74) is 2.87. The van der Waals surface area contributed by atoms with Crippen LogP contribution in [0.2, 0.25) is 0 Å². The highest BCUT2D eigenvalue weighted by Crippen LogP contribution is 2.23. The molecule has 1 aromatic rings. The Kier molecular flexibility index (Phi) is 4.74. The molecule has 0 unspecified atom stereocenters. The number of rotatable bonds is 4. The van der Waals surface area contributed by atoms with Gasteiger partial charge in [-0.2, -0.15) is 5.26 Å². The van der Waals surface area contributed by atoms with Gasteiger partial charge in [0.05, 0.1) is 17.9 Å². The first-order valence-corrected chi connectivity index (χ1v) is 5.22. The fourth-order valence-corrected chi connectivity index (χ4v) is 1.84. The third kappa shape index (κ3) is 2.73.